The molecule has 7 heteroatoms. The Morgan fingerprint density at radius 2 is 2.10 bits per heavy atom. The maximum Gasteiger partial charge on any atom is 0.274 e. The summed E-state index contributed by atoms with van der Waals surface area (Å²) in [5, 5.41) is 3.25. The van der Waals surface area contributed by atoms with Crippen molar-refractivity contribution in [3.8, 4) is 0 Å². The van der Waals surface area contributed by atoms with E-state index in [0.717, 1.165) is 19.5 Å². The van der Waals surface area contributed by atoms with E-state index in [1.165, 1.54) is 6.07 Å². The van der Waals surface area contributed by atoms with Gasteiger partial charge in [0.05, 0.1) is 6.54 Å². The Bertz CT molecular complexity index is 575. The predicted octanol–water partition coefficient (Wildman–Crippen LogP) is 1.15. The molecule has 2 rings (SSSR count). The van der Waals surface area contributed by atoms with E-state index < -0.39 is 10.0 Å². The largest absolute Gasteiger partial charge is 0.447 e. The van der Waals surface area contributed by atoms with Crippen LogP contribution in [0.2, 0.25) is 0 Å². The molecule has 1 aromatic heterocycles. The lowest BCUT2D eigenvalue weighted by molar-refractivity contribution is 0.358. The second-order valence-electron chi connectivity index (χ2n) is 6.69. The van der Waals surface area contributed by atoms with Gasteiger partial charge < -0.3 is 14.6 Å². The van der Waals surface area contributed by atoms with Gasteiger partial charge in [0.25, 0.3) is 10.0 Å². The quantitative estimate of drug-likeness (QED) is 0.852. The van der Waals surface area contributed by atoms with Crippen LogP contribution in [0.3, 0.4) is 0 Å². The standard InChI is InChI=1S/C14H25N3O3S/c1-14(2,3)15-9-12-5-6-13(20-12)21(18,19)16-11-7-8-17(4)10-11/h5-6,11,15-16H,7-10H2,1-4H3. The fourth-order valence-corrected chi connectivity index (χ4v) is 3.47. The normalized spacial score (nSPS) is 21.0. The first kappa shape index (κ1) is 16.5. The number of likely N-dealkylation sites (N-methyl/N-ethyl adjacent to an activating group) is 1. The van der Waals surface area contributed by atoms with Gasteiger partial charge >= 0.3 is 0 Å². The van der Waals surface area contributed by atoms with Crippen LogP contribution >= 0.6 is 0 Å². The first-order chi connectivity index (χ1) is 9.66. The topological polar surface area (TPSA) is 74.6 Å². The van der Waals surface area contributed by atoms with Crippen LogP contribution in [0.4, 0.5) is 0 Å². The molecule has 0 radical (unpaired) electrons. The van der Waals surface area contributed by atoms with Crippen LogP contribution in [0.5, 0.6) is 0 Å². The number of likely N-dealkylation sites (tertiary alicyclic amines) is 1. The van der Waals surface area contributed by atoms with Crippen molar-refractivity contribution in [3.63, 3.8) is 0 Å². The van der Waals surface area contributed by atoms with Crippen molar-refractivity contribution in [2.45, 2.75) is 50.4 Å². The number of sulfonamides is 1. The molecule has 2 heterocycles. The van der Waals surface area contributed by atoms with E-state index in [-0.39, 0.29) is 16.7 Å². The van der Waals surface area contributed by atoms with Crippen molar-refractivity contribution in [3.05, 3.63) is 17.9 Å². The number of rotatable bonds is 5. The highest BCUT2D eigenvalue weighted by atomic mass is 32.2. The van der Waals surface area contributed by atoms with Crippen LogP contribution in [0, 0.1) is 0 Å². The molecule has 2 N–H and O–H groups in total. The number of hydrogen-bond acceptors (Lipinski definition) is 5. The van der Waals surface area contributed by atoms with E-state index in [2.05, 4.69) is 14.9 Å². The fourth-order valence-electron chi connectivity index (χ4n) is 2.26. The first-order valence-corrected chi connectivity index (χ1v) is 8.69. The van der Waals surface area contributed by atoms with E-state index in [9.17, 15) is 8.42 Å². The summed E-state index contributed by atoms with van der Waals surface area (Å²) in [5.74, 6) is 0.619. The van der Waals surface area contributed by atoms with Gasteiger partial charge in [-0.3, -0.25) is 0 Å². The van der Waals surface area contributed by atoms with E-state index in [1.54, 1.807) is 6.07 Å². The maximum atomic E-state index is 12.3. The molecule has 1 aliphatic heterocycles. The smallest absolute Gasteiger partial charge is 0.274 e. The molecule has 1 aromatic rings. The van der Waals surface area contributed by atoms with Crippen LogP contribution in [0.1, 0.15) is 33.0 Å². The van der Waals surface area contributed by atoms with Gasteiger partial charge in [-0.15, -0.1) is 0 Å². The molecule has 0 amide bonds. The Hall–Kier alpha value is -0.890. The van der Waals surface area contributed by atoms with E-state index >= 15 is 0 Å². The van der Waals surface area contributed by atoms with E-state index in [1.807, 2.05) is 27.8 Å². The van der Waals surface area contributed by atoms with Gasteiger partial charge in [-0.1, -0.05) is 0 Å². The monoisotopic (exact) mass is 315 g/mol. The lowest BCUT2D eigenvalue weighted by Gasteiger charge is -2.19. The Kier molecular flexibility index (Phi) is 4.77. The average molecular weight is 315 g/mol. The lowest BCUT2D eigenvalue weighted by Crippen LogP contribution is -2.36. The van der Waals surface area contributed by atoms with Gasteiger partial charge in [-0.25, -0.2) is 13.1 Å². The summed E-state index contributed by atoms with van der Waals surface area (Å²) in [6.45, 7) is 8.29. The van der Waals surface area contributed by atoms with Crippen LogP contribution in [-0.4, -0.2) is 45.0 Å². The molecule has 6 nitrogen and oxygen atoms in total. The van der Waals surface area contributed by atoms with Crippen molar-refractivity contribution in [2.24, 2.45) is 0 Å². The Balaban J connectivity index is 1.99. The molecule has 21 heavy (non-hydrogen) atoms. The molecule has 1 fully saturated rings. The summed E-state index contributed by atoms with van der Waals surface area (Å²) in [4.78, 5) is 2.11. The zero-order chi connectivity index (χ0) is 15.7. The molecule has 0 bridgehead atoms. The van der Waals surface area contributed by atoms with Gasteiger partial charge in [0.15, 0.2) is 0 Å². The third kappa shape index (κ3) is 4.81. The molecule has 0 spiro atoms. The highest BCUT2D eigenvalue weighted by Gasteiger charge is 2.27. The van der Waals surface area contributed by atoms with Gasteiger partial charge in [0.2, 0.25) is 5.09 Å². The molecule has 1 aliphatic rings. The highest BCUT2D eigenvalue weighted by molar-refractivity contribution is 7.89. The van der Waals surface area contributed by atoms with Crippen molar-refractivity contribution in [1.82, 2.24) is 14.9 Å². The molecule has 1 atom stereocenters. The number of furan rings is 1. The Morgan fingerprint density at radius 1 is 1.38 bits per heavy atom. The second kappa shape index (κ2) is 6.08. The van der Waals surface area contributed by atoms with Crippen molar-refractivity contribution < 1.29 is 12.8 Å². The Labute approximate surface area is 126 Å². The third-order valence-corrected chi connectivity index (χ3v) is 4.80. The first-order valence-electron chi connectivity index (χ1n) is 7.20. The van der Waals surface area contributed by atoms with Crippen LogP contribution in [0.15, 0.2) is 21.6 Å². The zero-order valence-corrected chi connectivity index (χ0v) is 14.0. The molecule has 0 aromatic carbocycles. The molecule has 1 saturated heterocycles. The summed E-state index contributed by atoms with van der Waals surface area (Å²) in [5.41, 5.74) is -0.0431. The third-order valence-electron chi connectivity index (χ3n) is 3.41. The van der Waals surface area contributed by atoms with Gasteiger partial charge in [-0.05, 0) is 52.9 Å². The van der Waals surface area contributed by atoms with Crippen molar-refractivity contribution in [1.29, 1.82) is 0 Å². The minimum atomic E-state index is -3.57. The van der Waals surface area contributed by atoms with Crippen molar-refractivity contribution in [2.75, 3.05) is 20.1 Å². The minimum absolute atomic E-state index is 0.0113. The van der Waals surface area contributed by atoms with Gasteiger partial charge in [-0.2, -0.15) is 0 Å². The van der Waals surface area contributed by atoms with Crippen LogP contribution in [-0.2, 0) is 16.6 Å². The lowest BCUT2D eigenvalue weighted by atomic mass is 10.1. The summed E-state index contributed by atoms with van der Waals surface area (Å²) in [7, 11) is -1.59. The maximum absolute atomic E-state index is 12.3. The van der Waals surface area contributed by atoms with Gasteiger partial charge in [0.1, 0.15) is 5.76 Å². The Morgan fingerprint density at radius 3 is 2.67 bits per heavy atom. The molecular weight excluding hydrogens is 290 g/mol. The van der Waals surface area contributed by atoms with Crippen LogP contribution in [0.25, 0.3) is 0 Å². The number of nitrogens with zero attached hydrogens (tertiary/aromatic N) is 1. The summed E-state index contributed by atoms with van der Waals surface area (Å²) >= 11 is 0. The summed E-state index contributed by atoms with van der Waals surface area (Å²) < 4.78 is 32.7. The highest BCUT2D eigenvalue weighted by Crippen LogP contribution is 2.17. The molecule has 0 aliphatic carbocycles. The summed E-state index contributed by atoms with van der Waals surface area (Å²) in [6, 6.07) is 3.18. The number of hydrogen-bond donors (Lipinski definition) is 2. The molecule has 0 saturated carbocycles. The van der Waals surface area contributed by atoms with E-state index in [4.69, 9.17) is 4.42 Å². The van der Waals surface area contributed by atoms with E-state index in [0.29, 0.717) is 12.3 Å². The zero-order valence-electron chi connectivity index (χ0n) is 13.1. The molecule has 120 valence electrons. The van der Waals surface area contributed by atoms with Crippen LogP contribution < -0.4 is 10.0 Å². The van der Waals surface area contributed by atoms with Gasteiger partial charge in [0, 0.05) is 18.1 Å². The van der Waals surface area contributed by atoms with Crippen molar-refractivity contribution >= 4 is 10.0 Å². The minimum Gasteiger partial charge on any atom is -0.447 e. The second-order valence-corrected chi connectivity index (χ2v) is 8.34. The SMILES string of the molecule is CN1CCC(NS(=O)(=O)c2ccc(CNC(C)(C)C)o2)C1. The fraction of sp³-hybridized carbons (Fsp3) is 0.714. The number of nitrogens with one attached hydrogen (secondary N) is 2. The average Bonchev–Trinajstić information content (AvgIpc) is 2.95. The predicted molar refractivity (Wildman–Crippen MR) is 81.5 cm³/mol. The molecular formula is C14H25N3O3S. The molecule has 1 unspecified atom stereocenters. The summed E-state index contributed by atoms with van der Waals surface area (Å²) in [6.07, 6.45) is 0.828.